The summed E-state index contributed by atoms with van der Waals surface area (Å²) in [5.41, 5.74) is 0. The molecule has 0 fully saturated rings. The van der Waals surface area contributed by atoms with Gasteiger partial charge in [0.1, 0.15) is 13.2 Å². The third kappa shape index (κ3) is 45.7. The van der Waals surface area contributed by atoms with Crippen LogP contribution in [-0.2, 0) is 28.6 Å². The molecule has 0 rings (SSSR count). The Morgan fingerprint density at radius 2 is 0.667 bits per heavy atom. The smallest absolute Gasteiger partial charge is 0.306 e. The molecule has 6 heteroatoms. The standard InChI is InChI=1S/C54H90O6/c1-4-7-10-13-16-19-22-25-26-27-28-30-32-35-38-41-44-47-53(56)59-50-51(49-58-52(55)46-43-40-37-34-31-24-21-18-15-12-9-6-3)60-54(57)48-45-42-39-36-33-29-23-20-17-14-11-8-5-2/h7,10,13,16,18-19,21-22,25-28,30,32,51H,4-6,8-9,11-12,14-15,17,20,23-24,29,31,33-50H2,1-3H3/b10-7-,16-13-,21-18-,22-19-,26-25-,28-27+,32-30-. The molecular formula is C54H90O6. The van der Waals surface area contributed by atoms with Gasteiger partial charge >= 0.3 is 17.9 Å². The van der Waals surface area contributed by atoms with Crippen LogP contribution in [0, 0.1) is 0 Å². The minimum Gasteiger partial charge on any atom is -0.462 e. The van der Waals surface area contributed by atoms with E-state index < -0.39 is 6.10 Å². The highest BCUT2D eigenvalue weighted by Crippen LogP contribution is 2.14. The van der Waals surface area contributed by atoms with Crippen LogP contribution < -0.4 is 0 Å². The van der Waals surface area contributed by atoms with E-state index in [2.05, 4.69) is 45.1 Å². The molecular weight excluding hydrogens is 745 g/mol. The number of hydrogen-bond donors (Lipinski definition) is 0. The van der Waals surface area contributed by atoms with Crippen LogP contribution in [0.25, 0.3) is 0 Å². The Balaban J connectivity index is 4.48. The largest absolute Gasteiger partial charge is 0.462 e. The van der Waals surface area contributed by atoms with E-state index in [1.54, 1.807) is 0 Å². The Hall–Kier alpha value is -3.41. The van der Waals surface area contributed by atoms with Gasteiger partial charge in [0.05, 0.1) is 0 Å². The van der Waals surface area contributed by atoms with E-state index in [9.17, 15) is 14.4 Å². The first-order valence-electron chi connectivity index (χ1n) is 24.7. The van der Waals surface area contributed by atoms with Crippen LogP contribution in [0.5, 0.6) is 0 Å². The van der Waals surface area contributed by atoms with Crippen LogP contribution >= 0.6 is 0 Å². The molecule has 1 atom stereocenters. The molecule has 0 spiro atoms. The van der Waals surface area contributed by atoms with Crippen molar-refractivity contribution in [1.29, 1.82) is 0 Å². The topological polar surface area (TPSA) is 78.9 Å². The molecule has 0 N–H and O–H groups in total. The molecule has 0 aromatic rings. The lowest BCUT2D eigenvalue weighted by molar-refractivity contribution is -0.167. The summed E-state index contributed by atoms with van der Waals surface area (Å²) in [7, 11) is 0. The molecule has 0 saturated heterocycles. The Labute approximate surface area is 369 Å². The van der Waals surface area contributed by atoms with Crippen molar-refractivity contribution >= 4 is 17.9 Å². The van der Waals surface area contributed by atoms with Crippen LogP contribution in [0.3, 0.4) is 0 Å². The zero-order valence-corrected chi connectivity index (χ0v) is 38.9. The Bertz CT molecular complexity index is 1190. The molecule has 0 aromatic heterocycles. The Morgan fingerprint density at radius 3 is 1.12 bits per heavy atom. The zero-order chi connectivity index (χ0) is 43.7. The van der Waals surface area contributed by atoms with E-state index >= 15 is 0 Å². The molecule has 0 bridgehead atoms. The predicted octanol–water partition coefficient (Wildman–Crippen LogP) is 16.0. The monoisotopic (exact) mass is 835 g/mol. The van der Waals surface area contributed by atoms with Crippen molar-refractivity contribution in [2.24, 2.45) is 0 Å². The first-order chi connectivity index (χ1) is 29.5. The van der Waals surface area contributed by atoms with Crippen LogP contribution in [0.1, 0.15) is 220 Å². The molecule has 0 aliphatic heterocycles. The molecule has 0 radical (unpaired) electrons. The molecule has 60 heavy (non-hydrogen) atoms. The lowest BCUT2D eigenvalue weighted by Crippen LogP contribution is -2.30. The van der Waals surface area contributed by atoms with Gasteiger partial charge in [-0.2, -0.15) is 0 Å². The Morgan fingerprint density at radius 1 is 0.350 bits per heavy atom. The second-order valence-corrected chi connectivity index (χ2v) is 16.1. The van der Waals surface area contributed by atoms with E-state index in [4.69, 9.17) is 14.2 Å². The van der Waals surface area contributed by atoms with Gasteiger partial charge in [-0.1, -0.05) is 221 Å². The van der Waals surface area contributed by atoms with Gasteiger partial charge in [0.25, 0.3) is 0 Å². The van der Waals surface area contributed by atoms with Crippen molar-refractivity contribution in [1.82, 2.24) is 0 Å². The minimum absolute atomic E-state index is 0.0946. The third-order valence-electron chi connectivity index (χ3n) is 10.3. The van der Waals surface area contributed by atoms with E-state index in [0.717, 1.165) is 77.0 Å². The van der Waals surface area contributed by atoms with Gasteiger partial charge < -0.3 is 14.2 Å². The summed E-state index contributed by atoms with van der Waals surface area (Å²) in [5.74, 6) is -0.950. The summed E-state index contributed by atoms with van der Waals surface area (Å²) < 4.78 is 16.7. The maximum absolute atomic E-state index is 12.8. The number of rotatable bonds is 43. The lowest BCUT2D eigenvalue weighted by Gasteiger charge is -2.18. The van der Waals surface area contributed by atoms with Gasteiger partial charge in [0, 0.05) is 19.3 Å². The second-order valence-electron chi connectivity index (χ2n) is 16.1. The lowest BCUT2D eigenvalue weighted by atomic mass is 10.0. The van der Waals surface area contributed by atoms with Gasteiger partial charge in [-0.15, -0.1) is 0 Å². The average Bonchev–Trinajstić information content (AvgIpc) is 3.24. The van der Waals surface area contributed by atoms with Crippen LogP contribution in [-0.4, -0.2) is 37.2 Å². The van der Waals surface area contributed by atoms with E-state index in [1.807, 2.05) is 60.8 Å². The maximum Gasteiger partial charge on any atom is 0.306 e. The summed E-state index contributed by atoms with van der Waals surface area (Å²) in [6.07, 6.45) is 61.3. The van der Waals surface area contributed by atoms with Crippen molar-refractivity contribution in [2.75, 3.05) is 13.2 Å². The van der Waals surface area contributed by atoms with Crippen molar-refractivity contribution in [3.05, 3.63) is 85.1 Å². The number of carbonyl (C=O) groups excluding carboxylic acids is 3. The summed E-state index contributed by atoms with van der Waals surface area (Å²) in [6, 6.07) is 0. The number of unbranched alkanes of at least 4 members (excludes halogenated alkanes) is 23. The quantitative estimate of drug-likeness (QED) is 0.0200. The van der Waals surface area contributed by atoms with Gasteiger partial charge in [0.2, 0.25) is 0 Å². The van der Waals surface area contributed by atoms with E-state index in [0.29, 0.717) is 19.3 Å². The summed E-state index contributed by atoms with van der Waals surface area (Å²) in [6.45, 7) is 6.41. The number of hydrogen-bond acceptors (Lipinski definition) is 6. The van der Waals surface area contributed by atoms with Crippen LogP contribution in [0.2, 0.25) is 0 Å². The highest BCUT2D eigenvalue weighted by Gasteiger charge is 2.19. The fraction of sp³-hybridized carbons (Fsp3) is 0.685. The van der Waals surface area contributed by atoms with Crippen molar-refractivity contribution in [2.45, 2.75) is 226 Å². The van der Waals surface area contributed by atoms with Gasteiger partial charge in [-0.05, 0) is 64.2 Å². The van der Waals surface area contributed by atoms with Gasteiger partial charge in [0.15, 0.2) is 6.10 Å². The molecule has 0 aromatic carbocycles. The Kier molecular flexibility index (Phi) is 45.5. The van der Waals surface area contributed by atoms with Crippen LogP contribution in [0.4, 0.5) is 0 Å². The highest BCUT2D eigenvalue weighted by atomic mass is 16.6. The molecule has 0 heterocycles. The fourth-order valence-corrected chi connectivity index (χ4v) is 6.58. The second kappa shape index (κ2) is 48.3. The number of carbonyl (C=O) groups is 3. The molecule has 0 amide bonds. The molecule has 0 aliphatic rings. The molecule has 342 valence electrons. The van der Waals surface area contributed by atoms with Gasteiger partial charge in [-0.25, -0.2) is 0 Å². The molecule has 1 unspecified atom stereocenters. The first-order valence-corrected chi connectivity index (χ1v) is 24.7. The van der Waals surface area contributed by atoms with E-state index in [1.165, 1.54) is 103 Å². The minimum atomic E-state index is -0.795. The molecule has 0 saturated carbocycles. The first kappa shape index (κ1) is 56.6. The van der Waals surface area contributed by atoms with Crippen molar-refractivity contribution in [3.8, 4) is 0 Å². The molecule has 6 nitrogen and oxygen atoms in total. The number of allylic oxidation sites excluding steroid dienone is 14. The average molecular weight is 835 g/mol. The van der Waals surface area contributed by atoms with Crippen LogP contribution in [0.15, 0.2) is 85.1 Å². The van der Waals surface area contributed by atoms with Gasteiger partial charge in [-0.3, -0.25) is 14.4 Å². The maximum atomic E-state index is 12.8. The fourth-order valence-electron chi connectivity index (χ4n) is 6.58. The highest BCUT2D eigenvalue weighted by molar-refractivity contribution is 5.71. The number of esters is 3. The predicted molar refractivity (Wildman–Crippen MR) is 256 cm³/mol. The summed E-state index contributed by atoms with van der Waals surface area (Å²) in [4.78, 5) is 37.9. The normalized spacial score (nSPS) is 12.8. The summed E-state index contributed by atoms with van der Waals surface area (Å²) >= 11 is 0. The zero-order valence-electron chi connectivity index (χ0n) is 38.9. The molecule has 0 aliphatic carbocycles. The van der Waals surface area contributed by atoms with Crippen molar-refractivity contribution < 1.29 is 28.6 Å². The van der Waals surface area contributed by atoms with E-state index in [-0.39, 0.29) is 31.1 Å². The summed E-state index contributed by atoms with van der Waals surface area (Å²) in [5, 5.41) is 0. The third-order valence-corrected chi connectivity index (χ3v) is 10.3. The SMILES string of the molecule is CC\C=C/C=C\C=C/C=C\C=C\C=C/CCCCCC(=O)OCC(COC(=O)CCCCCCC/C=C\CCCCC)OC(=O)CCCCCCCCCCCCCCC. The van der Waals surface area contributed by atoms with Crippen molar-refractivity contribution in [3.63, 3.8) is 0 Å². The number of ether oxygens (including phenoxy) is 3.